The SMILES string of the molecule is Cc1ccc(NC(N)=NCc2cc(C)ccc2OC(F)F)cc1. The highest BCUT2D eigenvalue weighted by molar-refractivity contribution is 5.92. The van der Waals surface area contributed by atoms with Crippen molar-refractivity contribution in [1.82, 2.24) is 0 Å². The third kappa shape index (κ3) is 5.25. The number of benzene rings is 2. The van der Waals surface area contributed by atoms with E-state index in [-0.39, 0.29) is 18.3 Å². The second kappa shape index (κ2) is 7.58. The number of guanidine groups is 1. The lowest BCUT2D eigenvalue weighted by atomic mass is 10.1. The Bertz CT molecular complexity index is 685. The minimum absolute atomic E-state index is 0.109. The molecule has 2 aromatic rings. The summed E-state index contributed by atoms with van der Waals surface area (Å²) in [7, 11) is 0. The van der Waals surface area contributed by atoms with Gasteiger partial charge in [0.25, 0.3) is 0 Å². The molecule has 0 bridgehead atoms. The van der Waals surface area contributed by atoms with Gasteiger partial charge in [0.15, 0.2) is 5.96 Å². The van der Waals surface area contributed by atoms with Crippen LogP contribution in [-0.2, 0) is 6.54 Å². The van der Waals surface area contributed by atoms with Crippen molar-refractivity contribution in [3.63, 3.8) is 0 Å². The number of alkyl halides is 2. The summed E-state index contributed by atoms with van der Waals surface area (Å²) in [6.07, 6.45) is 0. The summed E-state index contributed by atoms with van der Waals surface area (Å²) in [6, 6.07) is 12.6. The van der Waals surface area contributed by atoms with Gasteiger partial charge in [0.05, 0.1) is 6.54 Å². The molecule has 0 radical (unpaired) electrons. The zero-order valence-corrected chi connectivity index (χ0v) is 13.0. The molecule has 0 spiro atoms. The first kappa shape index (κ1) is 16.7. The number of nitrogens with zero attached hydrogens (tertiary/aromatic N) is 1. The third-order valence-corrected chi connectivity index (χ3v) is 3.18. The Morgan fingerprint density at radius 3 is 2.43 bits per heavy atom. The molecule has 0 aliphatic rings. The number of hydrogen-bond acceptors (Lipinski definition) is 2. The Kier molecular flexibility index (Phi) is 5.51. The first-order chi connectivity index (χ1) is 10.9. The minimum atomic E-state index is -2.87. The number of rotatable bonds is 5. The molecule has 0 unspecified atom stereocenters. The summed E-state index contributed by atoms with van der Waals surface area (Å²) in [5.74, 6) is 0.316. The van der Waals surface area contributed by atoms with Crippen molar-refractivity contribution in [3.05, 3.63) is 59.2 Å². The van der Waals surface area contributed by atoms with E-state index in [4.69, 9.17) is 5.73 Å². The monoisotopic (exact) mass is 319 g/mol. The Hall–Kier alpha value is -2.63. The lowest BCUT2D eigenvalue weighted by Gasteiger charge is -2.11. The molecular weight excluding hydrogens is 300 g/mol. The van der Waals surface area contributed by atoms with E-state index in [0.717, 1.165) is 16.8 Å². The predicted octanol–water partition coefficient (Wildman–Crippen LogP) is 3.83. The van der Waals surface area contributed by atoms with Gasteiger partial charge in [0.1, 0.15) is 5.75 Å². The fourth-order valence-corrected chi connectivity index (χ4v) is 2.04. The largest absolute Gasteiger partial charge is 0.434 e. The average Bonchev–Trinajstić information content (AvgIpc) is 2.49. The summed E-state index contributed by atoms with van der Waals surface area (Å²) in [6.45, 7) is 1.13. The van der Waals surface area contributed by atoms with E-state index < -0.39 is 6.61 Å². The van der Waals surface area contributed by atoms with Crippen LogP contribution in [0.1, 0.15) is 16.7 Å². The molecule has 0 fully saturated rings. The average molecular weight is 319 g/mol. The molecule has 122 valence electrons. The molecule has 2 aromatic carbocycles. The summed E-state index contributed by atoms with van der Waals surface area (Å²) in [5.41, 5.74) is 9.27. The van der Waals surface area contributed by atoms with Crippen LogP contribution in [-0.4, -0.2) is 12.6 Å². The highest BCUT2D eigenvalue weighted by Crippen LogP contribution is 2.23. The number of hydrogen-bond donors (Lipinski definition) is 2. The summed E-state index contributed by atoms with van der Waals surface area (Å²) in [5, 5.41) is 2.95. The molecule has 4 nitrogen and oxygen atoms in total. The van der Waals surface area contributed by atoms with Crippen LogP contribution in [0, 0.1) is 13.8 Å². The van der Waals surface area contributed by atoms with E-state index >= 15 is 0 Å². The van der Waals surface area contributed by atoms with Crippen molar-refractivity contribution < 1.29 is 13.5 Å². The second-order valence-corrected chi connectivity index (χ2v) is 5.18. The molecule has 0 aliphatic carbocycles. The van der Waals surface area contributed by atoms with Gasteiger partial charge < -0.3 is 15.8 Å². The second-order valence-electron chi connectivity index (χ2n) is 5.18. The van der Waals surface area contributed by atoms with Crippen molar-refractivity contribution in [2.75, 3.05) is 5.32 Å². The normalized spacial score (nSPS) is 11.6. The number of ether oxygens (including phenoxy) is 1. The van der Waals surface area contributed by atoms with E-state index in [1.807, 2.05) is 38.1 Å². The first-order valence-electron chi connectivity index (χ1n) is 7.12. The number of anilines is 1. The standard InChI is InChI=1S/C17H19F2N3O/c1-11-3-6-14(7-4-11)22-17(20)21-10-13-9-12(2)5-8-15(13)23-16(18)19/h3-9,16H,10H2,1-2H3,(H3,20,21,22). The van der Waals surface area contributed by atoms with Crippen LogP contribution in [0.5, 0.6) is 5.75 Å². The summed E-state index contributed by atoms with van der Waals surface area (Å²) >= 11 is 0. The Morgan fingerprint density at radius 2 is 1.78 bits per heavy atom. The smallest absolute Gasteiger partial charge is 0.387 e. The van der Waals surface area contributed by atoms with Crippen LogP contribution in [0.15, 0.2) is 47.5 Å². The highest BCUT2D eigenvalue weighted by atomic mass is 19.3. The number of halogens is 2. The van der Waals surface area contributed by atoms with Crippen molar-refractivity contribution in [3.8, 4) is 5.75 Å². The first-order valence-corrected chi connectivity index (χ1v) is 7.12. The summed E-state index contributed by atoms with van der Waals surface area (Å²) < 4.78 is 29.4. The number of aryl methyl sites for hydroxylation is 2. The minimum Gasteiger partial charge on any atom is -0.434 e. The summed E-state index contributed by atoms with van der Waals surface area (Å²) in [4.78, 5) is 4.18. The van der Waals surface area contributed by atoms with E-state index in [2.05, 4.69) is 15.0 Å². The van der Waals surface area contributed by atoms with Crippen LogP contribution >= 0.6 is 0 Å². The van der Waals surface area contributed by atoms with Gasteiger partial charge in [-0.15, -0.1) is 0 Å². The van der Waals surface area contributed by atoms with E-state index in [9.17, 15) is 8.78 Å². The van der Waals surface area contributed by atoms with Gasteiger partial charge in [0.2, 0.25) is 0 Å². The van der Waals surface area contributed by atoms with Gasteiger partial charge in [-0.25, -0.2) is 4.99 Å². The Balaban J connectivity index is 2.08. The maximum atomic E-state index is 12.4. The van der Waals surface area contributed by atoms with Crippen molar-refractivity contribution in [2.45, 2.75) is 27.0 Å². The van der Waals surface area contributed by atoms with Crippen LogP contribution < -0.4 is 15.8 Å². The number of nitrogens with one attached hydrogen (secondary N) is 1. The van der Waals surface area contributed by atoms with E-state index in [1.54, 1.807) is 12.1 Å². The molecule has 0 aliphatic heterocycles. The number of nitrogens with two attached hydrogens (primary N) is 1. The zero-order valence-electron chi connectivity index (χ0n) is 13.0. The fourth-order valence-electron chi connectivity index (χ4n) is 2.04. The van der Waals surface area contributed by atoms with Crippen molar-refractivity contribution in [1.29, 1.82) is 0 Å². The maximum absolute atomic E-state index is 12.4. The topological polar surface area (TPSA) is 59.6 Å². The van der Waals surface area contributed by atoms with E-state index in [0.29, 0.717) is 5.56 Å². The lowest BCUT2D eigenvalue weighted by molar-refractivity contribution is -0.0504. The molecule has 2 rings (SSSR count). The molecule has 6 heteroatoms. The van der Waals surface area contributed by atoms with Crippen molar-refractivity contribution >= 4 is 11.6 Å². The molecule has 0 heterocycles. The molecule has 0 saturated heterocycles. The van der Waals surface area contributed by atoms with Gasteiger partial charge in [-0.05, 0) is 32.0 Å². The maximum Gasteiger partial charge on any atom is 0.387 e. The molecule has 3 N–H and O–H groups in total. The van der Waals surface area contributed by atoms with E-state index in [1.165, 1.54) is 6.07 Å². The van der Waals surface area contributed by atoms with Crippen molar-refractivity contribution in [2.24, 2.45) is 10.7 Å². The fraction of sp³-hybridized carbons (Fsp3) is 0.235. The molecular formula is C17H19F2N3O. The molecule has 23 heavy (non-hydrogen) atoms. The molecule has 0 saturated carbocycles. The van der Waals surface area contributed by atoms with Gasteiger partial charge in [-0.2, -0.15) is 8.78 Å². The molecule has 0 aromatic heterocycles. The lowest BCUT2D eigenvalue weighted by Crippen LogP contribution is -2.22. The molecule has 0 atom stereocenters. The Morgan fingerprint density at radius 1 is 1.13 bits per heavy atom. The predicted molar refractivity (Wildman–Crippen MR) is 87.9 cm³/mol. The van der Waals surface area contributed by atoms with Gasteiger partial charge >= 0.3 is 6.61 Å². The van der Waals surface area contributed by atoms with Gasteiger partial charge in [-0.1, -0.05) is 35.4 Å². The van der Waals surface area contributed by atoms with Crippen LogP contribution in [0.2, 0.25) is 0 Å². The zero-order chi connectivity index (χ0) is 16.8. The van der Waals surface area contributed by atoms with Crippen LogP contribution in [0.25, 0.3) is 0 Å². The molecule has 0 amide bonds. The Labute approximate surface area is 134 Å². The quantitative estimate of drug-likeness (QED) is 0.650. The van der Waals surface area contributed by atoms with Gasteiger partial charge in [0, 0.05) is 11.3 Å². The van der Waals surface area contributed by atoms with Crippen LogP contribution in [0.4, 0.5) is 14.5 Å². The number of aliphatic imine (C=N–C) groups is 1. The highest BCUT2D eigenvalue weighted by Gasteiger charge is 2.09. The third-order valence-electron chi connectivity index (χ3n) is 3.18. The van der Waals surface area contributed by atoms with Crippen LogP contribution in [0.3, 0.4) is 0 Å². The van der Waals surface area contributed by atoms with Gasteiger partial charge in [-0.3, -0.25) is 0 Å².